The molecule has 10 heteroatoms. The van der Waals surface area contributed by atoms with Crippen LogP contribution in [0, 0.1) is 11.3 Å². The lowest BCUT2D eigenvalue weighted by atomic mass is 9.54. The van der Waals surface area contributed by atoms with E-state index >= 15 is 0 Å². The van der Waals surface area contributed by atoms with Crippen molar-refractivity contribution < 1.29 is 44.3 Å². The number of ketones is 3. The lowest BCUT2D eigenvalue weighted by Crippen LogP contribution is -2.58. The number of methoxy groups -OCH3 is 1. The highest BCUT2D eigenvalue weighted by atomic mass is 16.5. The minimum Gasteiger partial charge on any atom is -0.508 e. The van der Waals surface area contributed by atoms with Crippen molar-refractivity contribution in [1.82, 2.24) is 0 Å². The van der Waals surface area contributed by atoms with Crippen molar-refractivity contribution in [2.45, 2.75) is 57.5 Å². The summed E-state index contributed by atoms with van der Waals surface area (Å²) in [6.07, 6.45) is 3.21. The van der Waals surface area contributed by atoms with Crippen LogP contribution < -0.4 is 10.5 Å². The van der Waals surface area contributed by atoms with Gasteiger partial charge in [0.15, 0.2) is 17.2 Å². The average Bonchev–Trinajstić information content (AvgIpc) is 3.23. The summed E-state index contributed by atoms with van der Waals surface area (Å²) in [6, 6.07) is 1.35. The molecule has 2 aromatic rings. The third-order valence-electron chi connectivity index (χ3n) is 9.89. The van der Waals surface area contributed by atoms with Crippen LogP contribution in [0.25, 0.3) is 10.8 Å². The Labute approximate surface area is 228 Å². The lowest BCUT2D eigenvalue weighted by molar-refractivity contribution is -0.124. The second kappa shape index (κ2) is 7.72. The number of ether oxygens (including phenoxy) is 1. The monoisotopic (exact) mass is 547 g/mol. The summed E-state index contributed by atoms with van der Waals surface area (Å²) >= 11 is 0. The van der Waals surface area contributed by atoms with Crippen LogP contribution in [0.15, 0.2) is 29.0 Å². The first-order chi connectivity index (χ1) is 18.7. The molecule has 6 N–H and O–H groups in total. The molecule has 0 radical (unpaired) electrons. The number of aliphatic hydroxyl groups is 2. The third-order valence-corrected chi connectivity index (χ3v) is 9.89. The first-order valence-electron chi connectivity index (χ1n) is 13.0. The molecule has 6 rings (SSSR count). The Morgan fingerprint density at radius 1 is 1.10 bits per heavy atom. The fourth-order valence-electron chi connectivity index (χ4n) is 7.89. The highest BCUT2D eigenvalue weighted by Crippen LogP contribution is 2.65. The second-order valence-electron chi connectivity index (χ2n) is 11.9. The number of nitrogens with two attached hydrogens (primary N) is 1. The Balaban J connectivity index is 1.77. The fraction of sp³-hybridized carbons (Fsp3) is 0.400. The van der Waals surface area contributed by atoms with Crippen LogP contribution in [0.4, 0.5) is 0 Å². The molecule has 0 heterocycles. The van der Waals surface area contributed by atoms with Gasteiger partial charge >= 0.3 is 0 Å². The molecule has 0 bridgehead atoms. The van der Waals surface area contributed by atoms with Crippen molar-refractivity contribution >= 4 is 34.0 Å². The lowest BCUT2D eigenvalue weighted by Gasteiger charge is -2.49. The van der Waals surface area contributed by atoms with Crippen LogP contribution in [0.1, 0.15) is 71.9 Å². The molecular formula is C30H29NO9. The highest BCUT2D eigenvalue weighted by molar-refractivity contribution is 6.30. The zero-order valence-electron chi connectivity index (χ0n) is 22.5. The number of carbonyl (C=O) groups excluding carboxylic acids is 4. The van der Waals surface area contributed by atoms with E-state index in [1.807, 2.05) is 6.92 Å². The van der Waals surface area contributed by atoms with Crippen molar-refractivity contribution in [2.75, 3.05) is 7.11 Å². The number of phenols is 2. The Morgan fingerprint density at radius 3 is 2.38 bits per heavy atom. The van der Waals surface area contributed by atoms with E-state index in [4.69, 9.17) is 10.5 Å². The van der Waals surface area contributed by atoms with Crippen LogP contribution >= 0.6 is 0 Å². The molecule has 3 atom stereocenters. The molecule has 10 nitrogen and oxygen atoms in total. The molecule has 0 saturated carbocycles. The number of hydrogen-bond acceptors (Lipinski definition) is 9. The van der Waals surface area contributed by atoms with E-state index in [1.165, 1.54) is 13.2 Å². The zero-order chi connectivity index (χ0) is 29.3. The Bertz CT molecular complexity index is 1710. The van der Waals surface area contributed by atoms with E-state index in [-0.39, 0.29) is 22.8 Å². The zero-order valence-corrected chi connectivity index (χ0v) is 22.5. The number of allylic oxidation sites excluding steroid dienone is 2. The van der Waals surface area contributed by atoms with Crippen LogP contribution in [0.5, 0.6) is 17.2 Å². The van der Waals surface area contributed by atoms with Gasteiger partial charge in [0, 0.05) is 34.4 Å². The summed E-state index contributed by atoms with van der Waals surface area (Å²) in [5.74, 6) is -8.30. The van der Waals surface area contributed by atoms with Gasteiger partial charge in [-0.1, -0.05) is 25.5 Å². The smallest absolute Gasteiger partial charge is 0.255 e. The van der Waals surface area contributed by atoms with Gasteiger partial charge < -0.3 is 30.9 Å². The molecule has 0 fully saturated rings. The maximum absolute atomic E-state index is 14.2. The van der Waals surface area contributed by atoms with E-state index in [1.54, 1.807) is 0 Å². The van der Waals surface area contributed by atoms with Crippen LogP contribution in [-0.2, 0) is 21.4 Å². The molecule has 0 aromatic heterocycles. The van der Waals surface area contributed by atoms with Gasteiger partial charge in [-0.05, 0) is 37.2 Å². The summed E-state index contributed by atoms with van der Waals surface area (Å²) in [5.41, 5.74) is 1.46. The Kier molecular flexibility index (Phi) is 5.03. The van der Waals surface area contributed by atoms with Gasteiger partial charge in [-0.2, -0.15) is 0 Å². The van der Waals surface area contributed by atoms with Crippen molar-refractivity contribution in [3.63, 3.8) is 0 Å². The number of aliphatic hydroxyl groups excluding tert-OH is 1. The van der Waals surface area contributed by atoms with Crippen molar-refractivity contribution in [3.05, 3.63) is 51.3 Å². The molecule has 4 aliphatic rings. The minimum atomic E-state index is -3.00. The number of Topliss-reactive ketones (excluding diaryl/α,β-unsaturated/α-hetero) is 3. The van der Waals surface area contributed by atoms with E-state index < -0.39 is 75.0 Å². The van der Waals surface area contributed by atoms with E-state index in [9.17, 15) is 39.6 Å². The molecule has 0 unspecified atom stereocenters. The van der Waals surface area contributed by atoms with Crippen LogP contribution in [0.2, 0.25) is 0 Å². The largest absolute Gasteiger partial charge is 0.508 e. The summed E-state index contributed by atoms with van der Waals surface area (Å²) in [5, 5.41) is 45.3. The SMILES string of the molecule is COc1cc(O)c2c(O)c3c(c4c2c1[C@]1(C4)C(C)=CCCC1(C)C)C(=O)[C@H]1CC(=O)C(C(N)=O)=C(O)[C@@]1(O)C3=O. The number of benzene rings is 2. The molecular weight excluding hydrogens is 518 g/mol. The Hall–Kier alpha value is -4.18. The number of hydrogen-bond donors (Lipinski definition) is 5. The van der Waals surface area contributed by atoms with Gasteiger partial charge in [0.25, 0.3) is 5.91 Å². The van der Waals surface area contributed by atoms with Gasteiger partial charge in [0.05, 0.1) is 24.0 Å². The normalized spacial score (nSPS) is 28.6. The highest BCUT2D eigenvalue weighted by Gasteiger charge is 2.63. The molecule has 1 spiro atoms. The fourth-order valence-corrected chi connectivity index (χ4v) is 7.89. The molecule has 0 saturated heterocycles. The maximum Gasteiger partial charge on any atom is 0.255 e. The standard InChI is InChI=1S/C30H29NO9/c1-11-6-5-7-28(2,3)29(11)10-12-17-19(15(33)9-16(40-4)22(17)29)24(35)21-18(12)23(34)13-8-14(32)20(27(31)38)25(36)30(13,39)26(21)37/h6,9,13,33,35-36,39H,5,7-8,10H2,1-4H3,(H2,31,38)/t13-,29+,30-/m1/s1. The average molecular weight is 548 g/mol. The molecule has 1 amide bonds. The van der Waals surface area contributed by atoms with E-state index in [0.29, 0.717) is 22.3 Å². The number of fused-ring (bicyclic) bond motifs is 4. The molecule has 2 aromatic carbocycles. The first kappa shape index (κ1) is 26.1. The Morgan fingerprint density at radius 2 is 1.77 bits per heavy atom. The number of amides is 1. The number of rotatable bonds is 2. The van der Waals surface area contributed by atoms with E-state index in [2.05, 4.69) is 19.9 Å². The van der Waals surface area contributed by atoms with Gasteiger partial charge in [-0.3, -0.25) is 19.2 Å². The number of carbonyl (C=O) groups is 4. The van der Waals surface area contributed by atoms with Crippen molar-refractivity contribution in [1.29, 1.82) is 0 Å². The number of phenolic OH excluding ortho intramolecular Hbond substituents is 2. The quantitative estimate of drug-likeness (QED) is 0.279. The van der Waals surface area contributed by atoms with Gasteiger partial charge in [-0.15, -0.1) is 0 Å². The molecule has 208 valence electrons. The minimum absolute atomic E-state index is 0.0933. The topological polar surface area (TPSA) is 184 Å². The van der Waals surface area contributed by atoms with Crippen LogP contribution in [0.3, 0.4) is 0 Å². The molecule has 4 aliphatic carbocycles. The number of primary amides is 1. The van der Waals surface area contributed by atoms with Crippen molar-refractivity contribution in [3.8, 4) is 17.2 Å². The van der Waals surface area contributed by atoms with Gasteiger partial charge in [0.2, 0.25) is 5.78 Å². The van der Waals surface area contributed by atoms with Gasteiger partial charge in [-0.25, -0.2) is 0 Å². The summed E-state index contributed by atoms with van der Waals surface area (Å²) in [7, 11) is 1.46. The van der Waals surface area contributed by atoms with Crippen LogP contribution in [-0.4, -0.2) is 56.4 Å². The number of aromatic hydroxyl groups is 2. The van der Waals surface area contributed by atoms with E-state index in [0.717, 1.165) is 18.4 Å². The predicted octanol–water partition coefficient (Wildman–Crippen LogP) is 2.82. The molecule has 0 aliphatic heterocycles. The second-order valence-corrected chi connectivity index (χ2v) is 11.9. The van der Waals surface area contributed by atoms with Crippen molar-refractivity contribution in [2.24, 2.45) is 17.1 Å². The molecule has 40 heavy (non-hydrogen) atoms. The third kappa shape index (κ3) is 2.67. The predicted molar refractivity (Wildman–Crippen MR) is 142 cm³/mol. The summed E-state index contributed by atoms with van der Waals surface area (Å²) < 4.78 is 5.74. The van der Waals surface area contributed by atoms with Gasteiger partial charge in [0.1, 0.15) is 28.6 Å². The summed E-state index contributed by atoms with van der Waals surface area (Å²) in [4.78, 5) is 52.9. The maximum atomic E-state index is 14.2. The first-order valence-corrected chi connectivity index (χ1v) is 13.0. The summed E-state index contributed by atoms with van der Waals surface area (Å²) in [6.45, 7) is 6.18.